The molecule has 3 heterocycles. The topological polar surface area (TPSA) is 24.0 Å². The average molecular weight is 592 g/mol. The van der Waals surface area contributed by atoms with Crippen LogP contribution in [0.3, 0.4) is 0 Å². The Bertz CT molecular complexity index is 2520. The highest BCUT2D eigenvalue weighted by molar-refractivity contribution is 6.12. The van der Waals surface area contributed by atoms with Crippen molar-refractivity contribution in [1.82, 2.24) is 9.55 Å². The summed E-state index contributed by atoms with van der Waals surface area (Å²) in [6, 6.07) is 42.2. The van der Waals surface area contributed by atoms with Crippen molar-refractivity contribution >= 4 is 55.0 Å². The number of anilines is 1. The van der Waals surface area contributed by atoms with Gasteiger partial charge in [-0.15, -0.1) is 0 Å². The summed E-state index contributed by atoms with van der Waals surface area (Å²) in [6.45, 7) is 2.42. The quantitative estimate of drug-likeness (QED) is 0.217. The molecule has 0 fully saturated rings. The highest BCUT2D eigenvalue weighted by Crippen LogP contribution is 2.52. The van der Waals surface area contributed by atoms with Crippen LogP contribution in [0.15, 0.2) is 156 Å². The molecule has 0 bridgehead atoms. The molecule has 0 saturated carbocycles. The van der Waals surface area contributed by atoms with Gasteiger partial charge in [-0.25, -0.2) is 0 Å². The number of benzene rings is 5. The van der Waals surface area contributed by atoms with Gasteiger partial charge in [0.25, 0.3) is 0 Å². The van der Waals surface area contributed by atoms with E-state index in [-0.39, 0.29) is 5.54 Å². The molecule has 2 aromatic heterocycles. The molecule has 3 nitrogen and oxygen atoms in total. The summed E-state index contributed by atoms with van der Waals surface area (Å²) in [5.41, 5.74) is 14.0. The third-order valence-electron chi connectivity index (χ3n) is 10.6. The number of allylic oxidation sites excluding steroid dienone is 5. The van der Waals surface area contributed by atoms with Gasteiger partial charge >= 0.3 is 0 Å². The lowest BCUT2D eigenvalue weighted by Crippen LogP contribution is -2.44. The van der Waals surface area contributed by atoms with E-state index in [4.69, 9.17) is 0 Å². The SMILES string of the molecule is CC12CC=C(n3c4ccccc4c4cc(-c5ccc6[nH]c7ccccc7c6c5)ccc43)C=C1C1=C(CCC=C1)N2c1ccccc1. The summed E-state index contributed by atoms with van der Waals surface area (Å²) in [7, 11) is 0. The minimum Gasteiger partial charge on any atom is -0.355 e. The molecule has 0 spiro atoms. The van der Waals surface area contributed by atoms with Crippen LogP contribution >= 0.6 is 0 Å². The third-order valence-corrected chi connectivity index (χ3v) is 10.6. The normalized spacial score (nSPS) is 19.3. The minimum atomic E-state index is -0.114. The zero-order chi connectivity index (χ0) is 30.4. The molecule has 10 rings (SSSR count). The molecule has 1 N–H and O–H groups in total. The van der Waals surface area contributed by atoms with E-state index in [1.54, 1.807) is 0 Å². The minimum absolute atomic E-state index is 0.114. The lowest BCUT2D eigenvalue weighted by molar-refractivity contribution is 0.545. The fraction of sp³-hybridized carbons (Fsp3) is 0.116. The smallest absolute Gasteiger partial charge is 0.0713 e. The van der Waals surface area contributed by atoms with Crippen molar-refractivity contribution in [1.29, 1.82) is 0 Å². The molecule has 220 valence electrons. The van der Waals surface area contributed by atoms with E-state index in [1.165, 1.54) is 83.0 Å². The number of hydrogen-bond donors (Lipinski definition) is 1. The van der Waals surface area contributed by atoms with Gasteiger partial charge in [0.1, 0.15) is 0 Å². The third kappa shape index (κ3) is 3.54. The Balaban J connectivity index is 1.13. The first-order valence-corrected chi connectivity index (χ1v) is 16.4. The predicted octanol–water partition coefficient (Wildman–Crippen LogP) is 11.1. The van der Waals surface area contributed by atoms with E-state index >= 15 is 0 Å². The molecule has 0 saturated heterocycles. The van der Waals surface area contributed by atoms with Gasteiger partial charge in [0, 0.05) is 49.7 Å². The standard InChI is InChI=1S/C43H33N3/c1-43-24-23-31(27-37(43)34-15-7-10-18-42(34)46(43)30-11-3-2-4-12-30)45-40-17-9-6-14-33(40)36-26-29(20-22-41(36)45)28-19-21-39-35(25-28)32-13-5-8-16-38(32)44-39/h2-9,11-17,19-23,25-27,44H,10,18,24H2,1H3. The van der Waals surface area contributed by atoms with Gasteiger partial charge in [0.05, 0.1) is 16.6 Å². The second-order valence-corrected chi connectivity index (χ2v) is 13.2. The Labute approximate surface area is 268 Å². The van der Waals surface area contributed by atoms with Gasteiger partial charge in [-0.05, 0) is 103 Å². The lowest BCUT2D eigenvalue weighted by atomic mass is 9.81. The Morgan fingerprint density at radius 3 is 2.28 bits per heavy atom. The van der Waals surface area contributed by atoms with Crippen molar-refractivity contribution < 1.29 is 0 Å². The van der Waals surface area contributed by atoms with Gasteiger partial charge in [-0.2, -0.15) is 0 Å². The number of para-hydroxylation sites is 3. The van der Waals surface area contributed by atoms with E-state index in [0.29, 0.717) is 0 Å². The summed E-state index contributed by atoms with van der Waals surface area (Å²) < 4.78 is 2.49. The van der Waals surface area contributed by atoms with Crippen LogP contribution in [0.25, 0.3) is 60.4 Å². The molecule has 46 heavy (non-hydrogen) atoms. The van der Waals surface area contributed by atoms with Crippen LogP contribution in [0.1, 0.15) is 26.2 Å². The molecule has 1 unspecified atom stereocenters. The molecule has 5 aromatic carbocycles. The molecular formula is C43H33N3. The van der Waals surface area contributed by atoms with E-state index < -0.39 is 0 Å². The van der Waals surface area contributed by atoms with Crippen LogP contribution in [0, 0.1) is 0 Å². The number of rotatable bonds is 3. The van der Waals surface area contributed by atoms with Crippen LogP contribution < -0.4 is 4.90 Å². The highest BCUT2D eigenvalue weighted by atomic mass is 15.2. The van der Waals surface area contributed by atoms with Crippen molar-refractivity contribution in [3.8, 4) is 11.1 Å². The Kier molecular flexibility index (Phi) is 5.31. The fourth-order valence-electron chi connectivity index (χ4n) is 8.41. The monoisotopic (exact) mass is 591 g/mol. The van der Waals surface area contributed by atoms with Gasteiger partial charge in [-0.3, -0.25) is 0 Å². The number of nitrogens with one attached hydrogen (secondary N) is 1. The van der Waals surface area contributed by atoms with E-state index in [9.17, 15) is 0 Å². The first-order valence-electron chi connectivity index (χ1n) is 16.4. The van der Waals surface area contributed by atoms with Gasteiger partial charge in [0.2, 0.25) is 0 Å². The van der Waals surface area contributed by atoms with Gasteiger partial charge in [0.15, 0.2) is 0 Å². The number of hydrogen-bond acceptors (Lipinski definition) is 1. The van der Waals surface area contributed by atoms with E-state index in [0.717, 1.165) is 19.3 Å². The maximum Gasteiger partial charge on any atom is 0.0713 e. The second kappa shape index (κ2) is 9.48. The summed E-state index contributed by atoms with van der Waals surface area (Å²) in [4.78, 5) is 6.19. The zero-order valence-corrected chi connectivity index (χ0v) is 25.8. The van der Waals surface area contributed by atoms with Crippen LogP contribution in [0.5, 0.6) is 0 Å². The van der Waals surface area contributed by atoms with E-state index in [2.05, 4.69) is 161 Å². The van der Waals surface area contributed by atoms with Crippen LogP contribution in [0.4, 0.5) is 5.69 Å². The summed E-state index contributed by atoms with van der Waals surface area (Å²) in [5, 5.41) is 5.11. The Hall–Kier alpha value is -5.54. The zero-order valence-electron chi connectivity index (χ0n) is 25.8. The maximum absolute atomic E-state index is 3.57. The molecule has 1 aliphatic heterocycles. The number of aromatic amines is 1. The summed E-state index contributed by atoms with van der Waals surface area (Å²) in [6.07, 6.45) is 12.8. The lowest BCUT2D eigenvalue weighted by Gasteiger charge is -2.41. The van der Waals surface area contributed by atoms with E-state index in [1.807, 2.05) is 0 Å². The number of fused-ring (bicyclic) bond motifs is 8. The highest BCUT2D eigenvalue weighted by Gasteiger charge is 2.46. The van der Waals surface area contributed by atoms with Crippen LogP contribution in [0.2, 0.25) is 0 Å². The van der Waals surface area contributed by atoms with Crippen molar-refractivity contribution in [2.75, 3.05) is 4.90 Å². The van der Waals surface area contributed by atoms with Crippen LogP contribution in [-0.2, 0) is 0 Å². The molecule has 0 radical (unpaired) electrons. The maximum atomic E-state index is 3.57. The molecule has 3 aliphatic rings. The van der Waals surface area contributed by atoms with Crippen molar-refractivity contribution in [2.24, 2.45) is 0 Å². The number of H-pyrrole nitrogens is 1. The fourth-order valence-corrected chi connectivity index (χ4v) is 8.41. The molecule has 7 aromatic rings. The summed E-state index contributed by atoms with van der Waals surface area (Å²) >= 11 is 0. The van der Waals surface area contributed by atoms with Crippen molar-refractivity contribution in [3.05, 3.63) is 156 Å². The molecule has 3 heteroatoms. The molecule has 0 amide bonds. The van der Waals surface area contributed by atoms with Crippen molar-refractivity contribution in [2.45, 2.75) is 31.7 Å². The molecular weight excluding hydrogens is 558 g/mol. The van der Waals surface area contributed by atoms with Crippen LogP contribution in [-0.4, -0.2) is 15.1 Å². The Morgan fingerprint density at radius 1 is 0.674 bits per heavy atom. The number of nitrogens with zero attached hydrogens (tertiary/aromatic N) is 2. The molecule has 1 atom stereocenters. The van der Waals surface area contributed by atoms with Crippen molar-refractivity contribution in [3.63, 3.8) is 0 Å². The Morgan fingerprint density at radius 2 is 1.39 bits per heavy atom. The largest absolute Gasteiger partial charge is 0.355 e. The number of aromatic nitrogens is 2. The second-order valence-electron chi connectivity index (χ2n) is 13.2. The van der Waals surface area contributed by atoms with Gasteiger partial charge < -0.3 is 14.5 Å². The molecule has 2 aliphatic carbocycles. The predicted molar refractivity (Wildman–Crippen MR) is 194 cm³/mol. The average Bonchev–Trinajstić information content (AvgIpc) is 3.73. The first kappa shape index (κ1) is 25.8. The first-order chi connectivity index (χ1) is 22.7. The van der Waals surface area contributed by atoms with Gasteiger partial charge in [-0.1, -0.05) is 85.0 Å². The summed E-state index contributed by atoms with van der Waals surface area (Å²) in [5.74, 6) is 0.